The van der Waals surface area contributed by atoms with Gasteiger partial charge in [-0.25, -0.2) is 9.50 Å². The fraction of sp³-hybridized carbons (Fsp3) is 0.241. The first-order valence-corrected chi connectivity index (χ1v) is 12.9. The average Bonchev–Trinajstić information content (AvgIpc) is 3.65. The van der Waals surface area contributed by atoms with E-state index in [0.29, 0.717) is 40.1 Å². The van der Waals surface area contributed by atoms with Crippen LogP contribution < -0.4 is 28.4 Å². The number of fused-ring (bicyclic) bond motifs is 1. The summed E-state index contributed by atoms with van der Waals surface area (Å²) in [7, 11) is 9.54. The molecule has 5 aromatic rings. The molecule has 0 spiro atoms. The molecule has 0 amide bonds. The molecule has 0 saturated carbocycles. The standard InChI is InChI=1S/C29H29N3O6S/c1-16-26(17-11-20(33-2)28(37-6)21(12-17)34-3)27(18-13-22(35-4)29(38-7)23(14-18)36-5)32-25(30-16)15-19(31-32)24-9-8-10-39-24/h8-15H,1-7H3. The molecule has 5 rings (SSSR count). The third-order valence-corrected chi connectivity index (χ3v) is 7.34. The summed E-state index contributed by atoms with van der Waals surface area (Å²) in [6.45, 7) is 1.97. The lowest BCUT2D eigenvalue weighted by molar-refractivity contribution is 0.324. The summed E-state index contributed by atoms with van der Waals surface area (Å²) in [5.74, 6) is 3.11. The fourth-order valence-corrected chi connectivity index (χ4v) is 5.40. The van der Waals surface area contributed by atoms with E-state index in [4.69, 9.17) is 38.5 Å². The number of benzene rings is 2. The van der Waals surface area contributed by atoms with E-state index in [2.05, 4.69) is 0 Å². The molecule has 0 bridgehead atoms. The Morgan fingerprint density at radius 2 is 1.23 bits per heavy atom. The second-order valence-corrected chi connectivity index (χ2v) is 9.47. The molecule has 0 aliphatic heterocycles. The van der Waals surface area contributed by atoms with Crippen LogP contribution in [0.1, 0.15) is 5.69 Å². The van der Waals surface area contributed by atoms with Crippen molar-refractivity contribution in [3.05, 3.63) is 53.5 Å². The third-order valence-electron chi connectivity index (χ3n) is 6.45. The van der Waals surface area contributed by atoms with Crippen molar-refractivity contribution in [3.63, 3.8) is 0 Å². The van der Waals surface area contributed by atoms with Crippen LogP contribution in [0, 0.1) is 6.92 Å². The van der Waals surface area contributed by atoms with Gasteiger partial charge in [0.25, 0.3) is 0 Å². The average molecular weight is 548 g/mol. The first-order chi connectivity index (χ1) is 19.0. The highest BCUT2D eigenvalue weighted by Gasteiger charge is 2.24. The number of hydrogen-bond donors (Lipinski definition) is 0. The molecule has 39 heavy (non-hydrogen) atoms. The summed E-state index contributed by atoms with van der Waals surface area (Å²) in [6, 6.07) is 13.7. The number of aromatic nitrogens is 3. The Morgan fingerprint density at radius 1 is 0.692 bits per heavy atom. The molecule has 9 nitrogen and oxygen atoms in total. The molecule has 0 aliphatic rings. The molecule has 0 fully saturated rings. The van der Waals surface area contributed by atoms with Crippen LogP contribution in [0.15, 0.2) is 47.8 Å². The van der Waals surface area contributed by atoms with Crippen molar-refractivity contribution in [2.24, 2.45) is 0 Å². The molecular weight excluding hydrogens is 518 g/mol. The van der Waals surface area contributed by atoms with Gasteiger partial charge in [0, 0.05) is 22.9 Å². The van der Waals surface area contributed by atoms with Gasteiger partial charge in [0.1, 0.15) is 5.69 Å². The van der Waals surface area contributed by atoms with Crippen LogP contribution in [0.2, 0.25) is 0 Å². The van der Waals surface area contributed by atoms with E-state index < -0.39 is 0 Å². The number of nitrogens with zero attached hydrogens (tertiary/aromatic N) is 3. The lowest BCUT2D eigenvalue weighted by Crippen LogP contribution is -2.05. The maximum absolute atomic E-state index is 5.69. The first-order valence-electron chi connectivity index (χ1n) is 12.0. The molecule has 3 aromatic heterocycles. The van der Waals surface area contributed by atoms with Gasteiger partial charge in [-0.2, -0.15) is 5.10 Å². The van der Waals surface area contributed by atoms with Gasteiger partial charge in [-0.1, -0.05) is 6.07 Å². The highest BCUT2D eigenvalue weighted by Crippen LogP contribution is 2.47. The van der Waals surface area contributed by atoms with E-state index in [-0.39, 0.29) is 0 Å². The normalized spacial score (nSPS) is 10.9. The van der Waals surface area contributed by atoms with Crippen molar-refractivity contribution in [1.29, 1.82) is 0 Å². The van der Waals surface area contributed by atoms with Crippen LogP contribution in [-0.2, 0) is 0 Å². The van der Waals surface area contributed by atoms with Gasteiger partial charge >= 0.3 is 0 Å². The molecule has 0 unspecified atom stereocenters. The predicted molar refractivity (Wildman–Crippen MR) is 151 cm³/mol. The Bertz CT molecular complexity index is 1600. The van der Waals surface area contributed by atoms with E-state index >= 15 is 0 Å². The third kappa shape index (κ3) is 4.46. The zero-order valence-corrected chi connectivity index (χ0v) is 23.6. The fourth-order valence-electron chi connectivity index (χ4n) is 4.72. The molecule has 0 aliphatic carbocycles. The smallest absolute Gasteiger partial charge is 0.203 e. The highest BCUT2D eigenvalue weighted by molar-refractivity contribution is 7.13. The maximum Gasteiger partial charge on any atom is 0.203 e. The molecule has 0 atom stereocenters. The molecule has 202 valence electrons. The Morgan fingerprint density at radius 3 is 1.69 bits per heavy atom. The quantitative estimate of drug-likeness (QED) is 0.217. The topological polar surface area (TPSA) is 85.6 Å². The number of hydrogen-bond acceptors (Lipinski definition) is 9. The summed E-state index contributed by atoms with van der Waals surface area (Å²) in [5, 5.41) is 7.02. The van der Waals surface area contributed by atoms with Gasteiger partial charge in [-0.15, -0.1) is 11.3 Å². The molecule has 2 aromatic carbocycles. The van der Waals surface area contributed by atoms with E-state index in [1.165, 1.54) is 0 Å². The lowest BCUT2D eigenvalue weighted by Gasteiger charge is -2.20. The van der Waals surface area contributed by atoms with Gasteiger partial charge in [-0.3, -0.25) is 0 Å². The van der Waals surface area contributed by atoms with Gasteiger partial charge in [-0.05, 0) is 48.2 Å². The number of rotatable bonds is 9. The number of methoxy groups -OCH3 is 6. The van der Waals surface area contributed by atoms with Gasteiger partial charge in [0.15, 0.2) is 28.6 Å². The van der Waals surface area contributed by atoms with Gasteiger partial charge in [0.2, 0.25) is 11.5 Å². The van der Waals surface area contributed by atoms with Crippen molar-refractivity contribution >= 4 is 17.0 Å². The predicted octanol–water partition coefficient (Wildman–Crippen LogP) is 6.15. The van der Waals surface area contributed by atoms with Crippen LogP contribution in [-0.4, -0.2) is 57.3 Å². The van der Waals surface area contributed by atoms with Crippen molar-refractivity contribution in [2.45, 2.75) is 6.92 Å². The molecular formula is C29H29N3O6S. The Hall–Kier alpha value is -4.44. The minimum atomic E-state index is 0.500. The number of ether oxygens (including phenoxy) is 6. The molecule has 3 heterocycles. The monoisotopic (exact) mass is 547 g/mol. The number of thiophene rings is 1. The summed E-state index contributed by atoms with van der Waals surface area (Å²) >= 11 is 1.62. The molecule has 0 saturated heterocycles. The van der Waals surface area contributed by atoms with Crippen LogP contribution in [0.25, 0.3) is 38.6 Å². The van der Waals surface area contributed by atoms with Crippen molar-refractivity contribution in [2.75, 3.05) is 42.7 Å². The lowest BCUT2D eigenvalue weighted by atomic mass is 9.96. The van der Waals surface area contributed by atoms with Crippen LogP contribution in [0.4, 0.5) is 0 Å². The van der Waals surface area contributed by atoms with E-state index in [1.807, 2.05) is 59.3 Å². The van der Waals surface area contributed by atoms with E-state index in [1.54, 1.807) is 54.0 Å². The Labute approximate surface area is 230 Å². The van der Waals surface area contributed by atoms with E-state index in [0.717, 1.165) is 38.6 Å². The second kappa shape index (κ2) is 10.7. The number of aryl methyl sites for hydroxylation is 1. The minimum absolute atomic E-state index is 0.500. The minimum Gasteiger partial charge on any atom is -0.493 e. The Kier molecular flexibility index (Phi) is 7.21. The molecule has 10 heteroatoms. The molecule has 0 N–H and O–H groups in total. The SMILES string of the molecule is COc1cc(-c2c(C)nc3cc(-c4cccs4)nn3c2-c2cc(OC)c(OC)c(OC)c2)cc(OC)c1OC. The Balaban J connectivity index is 1.90. The van der Waals surface area contributed by atoms with Gasteiger partial charge in [0.05, 0.1) is 53.2 Å². The molecule has 0 radical (unpaired) electrons. The summed E-state index contributed by atoms with van der Waals surface area (Å²) in [4.78, 5) is 5.99. The van der Waals surface area contributed by atoms with Crippen molar-refractivity contribution in [3.8, 4) is 67.5 Å². The highest BCUT2D eigenvalue weighted by atomic mass is 32.1. The van der Waals surface area contributed by atoms with Gasteiger partial charge < -0.3 is 28.4 Å². The summed E-state index contributed by atoms with van der Waals surface area (Å²) < 4.78 is 35.7. The largest absolute Gasteiger partial charge is 0.493 e. The summed E-state index contributed by atoms with van der Waals surface area (Å²) in [5.41, 5.74) is 5.55. The second-order valence-electron chi connectivity index (χ2n) is 8.53. The van der Waals surface area contributed by atoms with Crippen molar-refractivity contribution in [1.82, 2.24) is 14.6 Å². The van der Waals surface area contributed by atoms with E-state index in [9.17, 15) is 0 Å². The summed E-state index contributed by atoms with van der Waals surface area (Å²) in [6.07, 6.45) is 0. The maximum atomic E-state index is 5.69. The first kappa shape index (κ1) is 26.2. The van der Waals surface area contributed by atoms with Crippen LogP contribution >= 0.6 is 11.3 Å². The van der Waals surface area contributed by atoms with Crippen LogP contribution in [0.3, 0.4) is 0 Å². The zero-order valence-electron chi connectivity index (χ0n) is 22.8. The van der Waals surface area contributed by atoms with Crippen molar-refractivity contribution < 1.29 is 28.4 Å². The zero-order chi connectivity index (χ0) is 27.7. The van der Waals surface area contributed by atoms with Crippen LogP contribution in [0.5, 0.6) is 34.5 Å².